The molecule has 2 aromatic rings. The van der Waals surface area contributed by atoms with E-state index >= 15 is 0 Å². The molecule has 0 aliphatic carbocycles. The van der Waals surface area contributed by atoms with Crippen molar-refractivity contribution in [2.75, 3.05) is 46.3 Å². The minimum absolute atomic E-state index is 0.255. The topological polar surface area (TPSA) is 39.2 Å². The molecule has 2 aliphatic rings. The normalized spacial score (nSPS) is 25.0. The van der Waals surface area contributed by atoms with Crippen LogP contribution in [0.15, 0.2) is 54.6 Å². The molecule has 0 spiro atoms. The molecular formula is C22H29N3O2. The van der Waals surface area contributed by atoms with Gasteiger partial charge in [-0.3, -0.25) is 9.80 Å². The summed E-state index contributed by atoms with van der Waals surface area (Å²) in [5.41, 5.74) is 1.25. The molecular weight excluding hydrogens is 338 g/mol. The first kappa shape index (κ1) is 18.4. The molecule has 5 heteroatoms. The zero-order valence-electron chi connectivity index (χ0n) is 16.0. The van der Waals surface area contributed by atoms with Crippen molar-refractivity contribution in [1.29, 1.82) is 0 Å². The number of aliphatic hydroxyl groups excluding tert-OH is 1. The molecule has 5 nitrogen and oxygen atoms in total. The zero-order valence-corrected chi connectivity index (χ0v) is 16.0. The molecule has 0 bridgehead atoms. The van der Waals surface area contributed by atoms with Crippen molar-refractivity contribution < 1.29 is 9.84 Å². The highest BCUT2D eigenvalue weighted by atomic mass is 16.5. The van der Waals surface area contributed by atoms with Crippen LogP contribution in [0.4, 0.5) is 0 Å². The Kier molecular flexibility index (Phi) is 5.74. The van der Waals surface area contributed by atoms with E-state index in [2.05, 4.69) is 33.9 Å². The second-order valence-electron chi connectivity index (χ2n) is 7.73. The Bertz CT molecular complexity index is 714. The Labute approximate surface area is 161 Å². The lowest BCUT2D eigenvalue weighted by Crippen LogP contribution is -2.52. The van der Waals surface area contributed by atoms with Crippen LogP contribution in [0.2, 0.25) is 0 Å². The van der Waals surface area contributed by atoms with Crippen LogP contribution in [0.25, 0.3) is 0 Å². The number of likely N-dealkylation sites (N-methyl/N-ethyl adjacent to an activating group) is 1. The lowest BCUT2D eigenvalue weighted by Gasteiger charge is -2.37. The van der Waals surface area contributed by atoms with Gasteiger partial charge in [-0.05, 0) is 36.9 Å². The fourth-order valence-electron chi connectivity index (χ4n) is 4.03. The molecule has 0 amide bonds. The van der Waals surface area contributed by atoms with Gasteiger partial charge in [0.1, 0.15) is 11.5 Å². The van der Waals surface area contributed by atoms with E-state index in [1.165, 1.54) is 5.56 Å². The fraction of sp³-hybridized carbons (Fsp3) is 0.455. The summed E-state index contributed by atoms with van der Waals surface area (Å²) >= 11 is 0. The van der Waals surface area contributed by atoms with E-state index in [9.17, 15) is 5.11 Å². The van der Waals surface area contributed by atoms with Crippen molar-refractivity contribution in [2.24, 2.45) is 0 Å². The van der Waals surface area contributed by atoms with Crippen molar-refractivity contribution in [3.05, 3.63) is 60.2 Å². The third kappa shape index (κ3) is 4.68. The summed E-state index contributed by atoms with van der Waals surface area (Å²) in [6.45, 7) is 6.84. The Hall–Kier alpha value is -1.92. The summed E-state index contributed by atoms with van der Waals surface area (Å²) in [7, 11) is 2.17. The maximum atomic E-state index is 10.5. The number of likely N-dealkylation sites (tertiary alicyclic amines) is 1. The summed E-state index contributed by atoms with van der Waals surface area (Å²) in [6, 6.07) is 18.4. The van der Waals surface area contributed by atoms with E-state index in [4.69, 9.17) is 4.74 Å². The molecule has 2 aliphatic heterocycles. The molecule has 1 N–H and O–H groups in total. The average molecular weight is 367 g/mol. The van der Waals surface area contributed by atoms with Gasteiger partial charge in [-0.2, -0.15) is 0 Å². The van der Waals surface area contributed by atoms with Crippen LogP contribution in [-0.4, -0.2) is 78.3 Å². The molecule has 144 valence electrons. The third-order valence-corrected chi connectivity index (χ3v) is 5.65. The van der Waals surface area contributed by atoms with Crippen molar-refractivity contribution in [3.8, 4) is 11.5 Å². The minimum atomic E-state index is -0.255. The molecule has 4 rings (SSSR count). The third-order valence-electron chi connectivity index (χ3n) is 5.65. The van der Waals surface area contributed by atoms with Crippen molar-refractivity contribution in [2.45, 2.75) is 18.7 Å². The highest BCUT2D eigenvalue weighted by Crippen LogP contribution is 2.23. The first-order valence-electron chi connectivity index (χ1n) is 9.82. The van der Waals surface area contributed by atoms with Gasteiger partial charge < -0.3 is 14.7 Å². The smallest absolute Gasteiger partial charge is 0.127 e. The van der Waals surface area contributed by atoms with Gasteiger partial charge in [-0.15, -0.1) is 0 Å². The van der Waals surface area contributed by atoms with E-state index in [1.807, 2.05) is 42.5 Å². The number of piperazine rings is 1. The molecule has 2 atom stereocenters. The second kappa shape index (κ2) is 8.40. The first-order valence-corrected chi connectivity index (χ1v) is 9.82. The Morgan fingerprint density at radius 1 is 0.889 bits per heavy atom. The van der Waals surface area contributed by atoms with Crippen molar-refractivity contribution in [1.82, 2.24) is 14.7 Å². The quantitative estimate of drug-likeness (QED) is 0.878. The number of nitrogens with zero attached hydrogens (tertiary/aromatic N) is 3. The van der Waals surface area contributed by atoms with Crippen LogP contribution in [0.3, 0.4) is 0 Å². The van der Waals surface area contributed by atoms with Crippen LogP contribution in [0.1, 0.15) is 5.56 Å². The maximum absolute atomic E-state index is 10.5. The average Bonchev–Trinajstić information content (AvgIpc) is 3.05. The molecule has 2 saturated heterocycles. The highest BCUT2D eigenvalue weighted by Gasteiger charge is 2.36. The highest BCUT2D eigenvalue weighted by molar-refractivity contribution is 5.33. The maximum Gasteiger partial charge on any atom is 0.127 e. The number of para-hydroxylation sites is 1. The molecule has 2 heterocycles. The first-order chi connectivity index (χ1) is 13.2. The Balaban J connectivity index is 1.31. The number of hydrogen-bond donors (Lipinski definition) is 1. The van der Waals surface area contributed by atoms with Gasteiger partial charge in [-0.1, -0.05) is 30.3 Å². The lowest BCUT2D eigenvalue weighted by atomic mass is 10.1. The zero-order chi connectivity index (χ0) is 18.6. The van der Waals surface area contributed by atoms with Crippen molar-refractivity contribution >= 4 is 0 Å². The van der Waals surface area contributed by atoms with E-state index in [1.54, 1.807) is 0 Å². The summed E-state index contributed by atoms with van der Waals surface area (Å²) < 4.78 is 5.86. The number of β-amino-alcohol motifs (C(OH)–C–C–N with tert-alkyl or cyclic N) is 1. The minimum Gasteiger partial charge on any atom is -0.457 e. The van der Waals surface area contributed by atoms with Gasteiger partial charge in [0.25, 0.3) is 0 Å². The number of ether oxygens (including phenoxy) is 1. The molecule has 0 saturated carbocycles. The van der Waals surface area contributed by atoms with E-state index in [-0.39, 0.29) is 12.1 Å². The number of aliphatic hydroxyl groups is 1. The number of hydrogen-bond acceptors (Lipinski definition) is 5. The van der Waals surface area contributed by atoms with Crippen LogP contribution in [0, 0.1) is 0 Å². The van der Waals surface area contributed by atoms with Gasteiger partial charge in [0.15, 0.2) is 0 Å². The SMILES string of the molecule is CN1CCN([C@@H]2CN(Cc3ccc(Oc4ccccc4)cc3)C[C@H]2O)CC1. The van der Waals surface area contributed by atoms with Gasteiger partial charge >= 0.3 is 0 Å². The van der Waals surface area contributed by atoms with Gasteiger partial charge in [0.05, 0.1) is 6.10 Å². The van der Waals surface area contributed by atoms with Crippen molar-refractivity contribution in [3.63, 3.8) is 0 Å². The molecule has 0 unspecified atom stereocenters. The Morgan fingerprint density at radius 2 is 1.56 bits per heavy atom. The van der Waals surface area contributed by atoms with Gasteiger partial charge in [0.2, 0.25) is 0 Å². The fourth-order valence-corrected chi connectivity index (χ4v) is 4.03. The van der Waals surface area contributed by atoms with E-state index in [0.717, 1.165) is 57.3 Å². The van der Waals surface area contributed by atoms with Crippen LogP contribution in [-0.2, 0) is 6.54 Å². The molecule has 0 radical (unpaired) electrons. The lowest BCUT2D eigenvalue weighted by molar-refractivity contribution is 0.0512. The summed E-state index contributed by atoms with van der Waals surface area (Å²) in [5.74, 6) is 1.70. The molecule has 2 aromatic carbocycles. The summed E-state index contributed by atoms with van der Waals surface area (Å²) in [4.78, 5) is 7.18. The summed E-state index contributed by atoms with van der Waals surface area (Å²) in [6.07, 6.45) is -0.255. The van der Waals surface area contributed by atoms with Crippen LogP contribution in [0.5, 0.6) is 11.5 Å². The number of benzene rings is 2. The second-order valence-corrected chi connectivity index (χ2v) is 7.73. The van der Waals surface area contributed by atoms with E-state index < -0.39 is 0 Å². The van der Waals surface area contributed by atoms with Crippen LogP contribution >= 0.6 is 0 Å². The molecule has 0 aromatic heterocycles. The largest absolute Gasteiger partial charge is 0.457 e. The predicted molar refractivity (Wildman–Crippen MR) is 107 cm³/mol. The number of rotatable bonds is 5. The molecule has 2 fully saturated rings. The van der Waals surface area contributed by atoms with Gasteiger partial charge in [0, 0.05) is 51.9 Å². The van der Waals surface area contributed by atoms with E-state index in [0.29, 0.717) is 0 Å². The summed E-state index contributed by atoms with van der Waals surface area (Å²) in [5, 5.41) is 10.5. The monoisotopic (exact) mass is 367 g/mol. The van der Waals surface area contributed by atoms with Crippen LogP contribution < -0.4 is 4.74 Å². The molecule has 27 heavy (non-hydrogen) atoms. The standard InChI is InChI=1S/C22H29N3O2/c1-23-11-13-25(14-12-23)21-16-24(17-22(21)26)15-18-7-9-20(10-8-18)27-19-5-3-2-4-6-19/h2-10,21-22,26H,11-17H2,1H3/t21-,22-/m1/s1. The van der Waals surface area contributed by atoms with Gasteiger partial charge in [-0.25, -0.2) is 0 Å². The Morgan fingerprint density at radius 3 is 2.26 bits per heavy atom. The predicted octanol–water partition coefficient (Wildman–Crippen LogP) is 2.27.